The van der Waals surface area contributed by atoms with Crippen molar-refractivity contribution in [2.24, 2.45) is 10.8 Å². The number of amides is 2. The third kappa shape index (κ3) is 7.05. The Morgan fingerprint density at radius 3 is 2.05 bits per heavy atom. The summed E-state index contributed by atoms with van der Waals surface area (Å²) in [5, 5.41) is 9.36. The number of aromatic nitrogens is 4. The summed E-state index contributed by atoms with van der Waals surface area (Å²) in [6, 6.07) is 25.4. The highest BCUT2D eigenvalue weighted by molar-refractivity contribution is 6.22. The summed E-state index contributed by atoms with van der Waals surface area (Å²) in [4.78, 5) is 45.3. The summed E-state index contributed by atoms with van der Waals surface area (Å²) in [6.45, 7) is 8.49. The molecule has 6 fully saturated rings. The molecule has 5 aromatic rings. The Hall–Kier alpha value is -5.37. The Balaban J connectivity index is 0.608. The van der Waals surface area contributed by atoms with Gasteiger partial charge in [-0.05, 0) is 144 Å². The van der Waals surface area contributed by atoms with Gasteiger partial charge in [0.15, 0.2) is 5.65 Å². The van der Waals surface area contributed by atoms with E-state index < -0.39 is 0 Å². The number of rotatable bonds is 8. The molecule has 3 N–H and O–H groups in total. The molecule has 64 heavy (non-hydrogen) atoms. The Morgan fingerprint density at radius 2 is 1.34 bits per heavy atom. The van der Waals surface area contributed by atoms with E-state index in [1.54, 1.807) is 6.33 Å². The zero-order valence-corrected chi connectivity index (χ0v) is 36.8. The highest BCUT2D eigenvalue weighted by Gasteiger charge is 2.52. The van der Waals surface area contributed by atoms with E-state index in [-0.39, 0.29) is 23.9 Å². The zero-order chi connectivity index (χ0) is 43.0. The van der Waals surface area contributed by atoms with Crippen LogP contribution in [-0.2, 0) is 0 Å². The summed E-state index contributed by atoms with van der Waals surface area (Å²) < 4.78 is 8.17. The van der Waals surface area contributed by atoms with E-state index in [9.17, 15) is 9.59 Å². The maximum atomic E-state index is 13.4. The van der Waals surface area contributed by atoms with Crippen LogP contribution < -0.4 is 20.7 Å². The van der Waals surface area contributed by atoms with Gasteiger partial charge in [-0.2, -0.15) is 5.10 Å². The number of hydrogen-bond acceptors (Lipinski definition) is 11. The van der Waals surface area contributed by atoms with Gasteiger partial charge in [0.2, 0.25) is 0 Å². The van der Waals surface area contributed by atoms with Crippen molar-refractivity contribution in [1.82, 2.24) is 39.8 Å². The smallest absolute Gasteiger partial charge is 0.261 e. The van der Waals surface area contributed by atoms with Crippen LogP contribution in [0.3, 0.4) is 0 Å². The van der Waals surface area contributed by atoms with E-state index in [2.05, 4.69) is 35.7 Å². The van der Waals surface area contributed by atoms with Crippen LogP contribution in [0.5, 0.6) is 11.5 Å². The minimum Gasteiger partial charge on any atom is -0.457 e. The van der Waals surface area contributed by atoms with E-state index in [1.165, 1.54) is 69.4 Å². The summed E-state index contributed by atoms with van der Waals surface area (Å²) >= 11 is 0. The Morgan fingerprint density at radius 1 is 0.672 bits per heavy atom. The molecule has 7 aliphatic rings. The molecule has 12 rings (SSSR count). The number of nitrogens with two attached hydrogens (primary N) is 1. The topological polar surface area (TPSA) is 138 Å². The van der Waals surface area contributed by atoms with Crippen molar-refractivity contribution >= 4 is 34.4 Å². The third-order valence-corrected chi connectivity index (χ3v) is 16.6. The van der Waals surface area contributed by atoms with Crippen LogP contribution in [0.15, 0.2) is 79.1 Å². The van der Waals surface area contributed by atoms with Crippen molar-refractivity contribution in [3.8, 4) is 22.8 Å². The van der Waals surface area contributed by atoms with E-state index in [0.29, 0.717) is 40.4 Å². The second kappa shape index (κ2) is 16.0. The quantitative estimate of drug-likeness (QED) is 0.150. The van der Waals surface area contributed by atoms with Crippen molar-refractivity contribution < 1.29 is 14.3 Å². The van der Waals surface area contributed by atoms with Crippen molar-refractivity contribution in [1.29, 1.82) is 0 Å². The fourth-order valence-corrected chi connectivity index (χ4v) is 12.9. The molecule has 0 radical (unpaired) electrons. The Bertz CT molecular complexity index is 2530. The number of imide groups is 1. The summed E-state index contributed by atoms with van der Waals surface area (Å²) in [7, 11) is 0. The predicted octanol–water partition coefficient (Wildman–Crippen LogP) is 7.55. The maximum absolute atomic E-state index is 13.4. The van der Waals surface area contributed by atoms with Crippen LogP contribution in [0.4, 0.5) is 11.5 Å². The number of nitrogens with one attached hydrogen (secondary N) is 1. The van der Waals surface area contributed by atoms with Gasteiger partial charge >= 0.3 is 0 Å². The van der Waals surface area contributed by atoms with Gasteiger partial charge in [0, 0.05) is 74.6 Å². The van der Waals surface area contributed by atoms with Crippen molar-refractivity contribution in [2.45, 2.75) is 101 Å². The average Bonchev–Trinajstić information content (AvgIpc) is 3.83. The lowest BCUT2D eigenvalue weighted by atomic mass is 9.63. The molecule has 2 amide bonds. The molecule has 2 aromatic heterocycles. The third-order valence-electron chi connectivity index (χ3n) is 16.6. The minimum atomic E-state index is -0.122. The molecule has 13 heteroatoms. The highest BCUT2D eigenvalue weighted by Crippen LogP contribution is 2.51. The minimum absolute atomic E-state index is 0.0416. The van der Waals surface area contributed by atoms with E-state index >= 15 is 0 Å². The fraction of sp³-hybridized carbons (Fsp3) is 0.510. The molecule has 2 saturated carbocycles. The maximum Gasteiger partial charge on any atom is 0.261 e. The molecule has 4 saturated heterocycles. The average molecular weight is 861 g/mol. The Labute approximate surface area is 375 Å². The molecule has 2 spiro atoms. The van der Waals surface area contributed by atoms with Gasteiger partial charge in [-0.3, -0.25) is 19.4 Å². The van der Waals surface area contributed by atoms with Crippen LogP contribution in [0.1, 0.15) is 104 Å². The molecular formula is C51H60N10O3. The zero-order valence-electron chi connectivity index (χ0n) is 36.8. The first-order valence-electron chi connectivity index (χ1n) is 24.1. The van der Waals surface area contributed by atoms with E-state index in [4.69, 9.17) is 20.6 Å². The molecule has 1 atom stereocenters. The first-order valence-corrected chi connectivity index (χ1v) is 24.1. The van der Waals surface area contributed by atoms with Crippen LogP contribution in [-0.4, -0.2) is 117 Å². The molecule has 13 nitrogen and oxygen atoms in total. The molecule has 2 aliphatic carbocycles. The number of anilines is 2. The molecular weight excluding hydrogens is 801 g/mol. The first-order chi connectivity index (χ1) is 31.3. The summed E-state index contributed by atoms with van der Waals surface area (Å²) in [5.74, 6) is 1.80. The van der Waals surface area contributed by atoms with Gasteiger partial charge in [0.1, 0.15) is 29.3 Å². The molecule has 0 bridgehead atoms. The van der Waals surface area contributed by atoms with Gasteiger partial charge in [-0.15, -0.1) is 0 Å². The van der Waals surface area contributed by atoms with Gasteiger partial charge in [0.25, 0.3) is 11.8 Å². The van der Waals surface area contributed by atoms with Crippen molar-refractivity contribution in [3.63, 3.8) is 0 Å². The van der Waals surface area contributed by atoms with E-state index in [0.717, 1.165) is 104 Å². The SMILES string of the molecule is Nc1ncnc2c1c(-c1ccc(Oc3ccccc3)cc1)nn2C1CCN(C2CCC3(CC2)CN(C2CCC4(CC2)CN(c2ccc5c(c2)C(=O)N(C2CCCNC2)C5=O)C4)C3)CC1. The van der Waals surface area contributed by atoms with Crippen molar-refractivity contribution in [3.05, 3.63) is 90.3 Å². The number of benzene rings is 3. The van der Waals surface area contributed by atoms with Gasteiger partial charge in [-0.25, -0.2) is 14.6 Å². The highest BCUT2D eigenvalue weighted by atomic mass is 16.5. The summed E-state index contributed by atoms with van der Waals surface area (Å²) in [6.07, 6.45) is 16.0. The van der Waals surface area contributed by atoms with Crippen LogP contribution in [0.2, 0.25) is 0 Å². The number of ether oxygens (including phenoxy) is 1. The van der Waals surface area contributed by atoms with Crippen molar-refractivity contribution in [2.75, 3.05) is 63.0 Å². The first kappa shape index (κ1) is 40.2. The number of nitrogen functional groups attached to an aromatic ring is 1. The standard InChI is InChI=1S/C51H60N10O3/c52-46-44-45(34-8-11-41(12-9-34)64-40-6-2-1-3-7-40)56-61(47(44)55-33-54-46)37-18-25-57(26-19-37)35-14-20-50(21-15-35)29-58(30-50)36-16-22-51(23-17-36)31-59(32-51)38-10-13-42-43(27-38)49(63)60(48(42)62)39-5-4-24-53-28-39/h1-3,6-13,27,33,35-37,39,53H,4-5,14-26,28-32H2,(H2,52,54,55). The second-order valence-corrected chi connectivity index (χ2v) is 20.4. The molecule has 332 valence electrons. The number of para-hydroxylation sites is 1. The number of nitrogens with zero attached hydrogens (tertiary/aromatic N) is 8. The lowest BCUT2D eigenvalue weighted by Crippen LogP contribution is -2.64. The number of likely N-dealkylation sites (tertiary alicyclic amines) is 2. The van der Waals surface area contributed by atoms with Gasteiger partial charge in [0.05, 0.1) is 28.6 Å². The molecule has 1 unspecified atom stereocenters. The normalized spacial score (nSPS) is 25.2. The van der Waals surface area contributed by atoms with Crippen LogP contribution in [0.25, 0.3) is 22.3 Å². The lowest BCUT2D eigenvalue weighted by molar-refractivity contribution is -0.0847. The number of fused-ring (bicyclic) bond motifs is 2. The van der Waals surface area contributed by atoms with Gasteiger partial charge < -0.3 is 25.6 Å². The molecule has 3 aromatic carbocycles. The Kier molecular flexibility index (Phi) is 10.0. The number of carbonyl (C=O) groups is 2. The number of piperidine rings is 2. The molecule has 5 aliphatic heterocycles. The van der Waals surface area contributed by atoms with Crippen LogP contribution >= 0.6 is 0 Å². The molecule has 7 heterocycles. The predicted molar refractivity (Wildman–Crippen MR) is 248 cm³/mol. The number of carbonyl (C=O) groups excluding carboxylic acids is 2. The van der Waals surface area contributed by atoms with E-state index in [1.807, 2.05) is 66.7 Å². The lowest BCUT2D eigenvalue weighted by Gasteiger charge is -2.60. The largest absolute Gasteiger partial charge is 0.457 e. The fourth-order valence-electron chi connectivity index (χ4n) is 12.9. The number of hydrogen-bond donors (Lipinski definition) is 2. The van der Waals surface area contributed by atoms with Crippen LogP contribution in [0, 0.1) is 10.8 Å². The summed E-state index contributed by atoms with van der Waals surface area (Å²) in [5.41, 5.74) is 12.3. The van der Waals surface area contributed by atoms with Gasteiger partial charge in [-0.1, -0.05) is 18.2 Å². The monoisotopic (exact) mass is 860 g/mol. The second-order valence-electron chi connectivity index (χ2n) is 20.4.